The van der Waals surface area contributed by atoms with E-state index in [2.05, 4.69) is 15.4 Å². The molecule has 11 heteroatoms. The second kappa shape index (κ2) is 7.87. The molecule has 0 aromatic heterocycles. The number of amides is 2. The summed E-state index contributed by atoms with van der Waals surface area (Å²) in [6.07, 6.45) is -4.65. The summed E-state index contributed by atoms with van der Waals surface area (Å²) in [7, 11) is 0. The van der Waals surface area contributed by atoms with Gasteiger partial charge in [0, 0.05) is 22.5 Å². The molecule has 2 atom stereocenters. The molecule has 0 unspecified atom stereocenters. The van der Waals surface area contributed by atoms with E-state index in [0.29, 0.717) is 35.6 Å². The number of benzene rings is 1. The highest BCUT2D eigenvalue weighted by molar-refractivity contribution is 6.31. The predicted molar refractivity (Wildman–Crippen MR) is 109 cm³/mol. The molecule has 1 heterocycles. The second-order valence-corrected chi connectivity index (χ2v) is 9.92. The van der Waals surface area contributed by atoms with E-state index in [4.69, 9.17) is 16.3 Å². The Morgan fingerprint density at radius 2 is 1.88 bits per heavy atom. The van der Waals surface area contributed by atoms with E-state index in [1.807, 2.05) is 0 Å². The first kappa shape index (κ1) is 22.5. The number of ether oxygens (including phenoxy) is 2. The van der Waals surface area contributed by atoms with Gasteiger partial charge in [0.25, 0.3) is 5.91 Å². The van der Waals surface area contributed by atoms with E-state index in [9.17, 15) is 27.6 Å². The standard InChI is InChI=1S/C22H22ClF3N2O5/c23-12-1-2-17-14(5-12)16(29)6-18(32-17)20(31)27-15-9-21(7-11(15)8-21)28-19(30)10-3-13(4-10)33-22(24,25)26/h1-2,5,10-11,13,15,18H,3-4,6-9H2,(H,27,31)(H,28,30)/t10-,11?,13+,15-,18-,21?/m1/s1. The normalized spacial score (nSPS) is 34.4. The van der Waals surface area contributed by atoms with Crippen molar-refractivity contribution in [3.05, 3.63) is 28.8 Å². The lowest BCUT2D eigenvalue weighted by atomic mass is 9.75. The number of fused-ring (bicyclic) bond motifs is 2. The third-order valence-electron chi connectivity index (χ3n) is 7.14. The van der Waals surface area contributed by atoms with Crippen molar-refractivity contribution in [2.24, 2.45) is 11.8 Å². The Bertz CT molecular complexity index is 1000. The molecule has 1 aromatic carbocycles. The third-order valence-corrected chi connectivity index (χ3v) is 7.38. The van der Waals surface area contributed by atoms with E-state index in [1.54, 1.807) is 12.1 Å². The fourth-order valence-electron chi connectivity index (χ4n) is 5.45. The van der Waals surface area contributed by atoms with Gasteiger partial charge in [-0.25, -0.2) is 0 Å². The monoisotopic (exact) mass is 486 g/mol. The Labute approximate surface area is 192 Å². The lowest BCUT2D eigenvalue weighted by Crippen LogP contribution is -2.55. The smallest absolute Gasteiger partial charge is 0.479 e. The summed E-state index contributed by atoms with van der Waals surface area (Å²) < 4.78 is 46.4. The summed E-state index contributed by atoms with van der Waals surface area (Å²) in [4.78, 5) is 37.6. The molecule has 0 saturated heterocycles. The van der Waals surface area contributed by atoms with Gasteiger partial charge >= 0.3 is 6.36 Å². The minimum atomic E-state index is -4.69. The van der Waals surface area contributed by atoms with Gasteiger partial charge in [0.2, 0.25) is 5.91 Å². The van der Waals surface area contributed by atoms with Crippen molar-refractivity contribution < 1.29 is 37.0 Å². The number of nitrogens with one attached hydrogen (secondary N) is 2. The highest BCUT2D eigenvalue weighted by Crippen LogP contribution is 2.52. The minimum Gasteiger partial charge on any atom is -0.479 e. The van der Waals surface area contributed by atoms with Gasteiger partial charge in [-0.2, -0.15) is 0 Å². The summed E-state index contributed by atoms with van der Waals surface area (Å²) in [5.74, 6) is -0.833. The van der Waals surface area contributed by atoms with Crippen molar-refractivity contribution in [3.63, 3.8) is 0 Å². The Hall–Kier alpha value is -2.33. The second-order valence-electron chi connectivity index (χ2n) is 9.49. The number of hydrogen-bond acceptors (Lipinski definition) is 5. The number of rotatable bonds is 5. The highest BCUT2D eigenvalue weighted by atomic mass is 35.5. The average Bonchev–Trinajstić information content (AvgIpc) is 3.17. The Morgan fingerprint density at radius 1 is 1.15 bits per heavy atom. The Morgan fingerprint density at radius 3 is 2.58 bits per heavy atom. The fourth-order valence-corrected chi connectivity index (χ4v) is 5.62. The number of halogens is 4. The van der Waals surface area contributed by atoms with Gasteiger partial charge in [-0.15, -0.1) is 13.2 Å². The van der Waals surface area contributed by atoms with Crippen molar-refractivity contribution in [1.82, 2.24) is 10.6 Å². The topological polar surface area (TPSA) is 93.7 Å². The van der Waals surface area contributed by atoms with Crippen LogP contribution in [0.2, 0.25) is 5.02 Å². The summed E-state index contributed by atoms with van der Waals surface area (Å²) in [6.45, 7) is 0. The zero-order chi connectivity index (χ0) is 23.5. The number of carbonyl (C=O) groups excluding carboxylic acids is 3. The lowest BCUT2D eigenvalue weighted by molar-refractivity contribution is -0.353. The zero-order valence-electron chi connectivity index (χ0n) is 17.4. The average molecular weight is 487 g/mol. The van der Waals surface area contributed by atoms with Gasteiger partial charge in [-0.1, -0.05) is 11.6 Å². The van der Waals surface area contributed by atoms with Crippen LogP contribution in [-0.4, -0.2) is 47.7 Å². The summed E-state index contributed by atoms with van der Waals surface area (Å²) in [6, 6.07) is 4.51. The van der Waals surface area contributed by atoms with Crippen LogP contribution in [0.3, 0.4) is 0 Å². The maximum atomic E-state index is 12.8. The first-order valence-electron chi connectivity index (χ1n) is 10.9. The number of alkyl halides is 3. The SMILES string of the molecule is O=C1C[C@H](C(=O)N[C@@H]2CC3(NC(=O)[C@H]4C[C@@H](OC(F)(F)F)C4)CC2C3)Oc2ccc(Cl)cc21. The summed E-state index contributed by atoms with van der Waals surface area (Å²) in [5.41, 5.74) is -0.0855. The lowest BCUT2D eigenvalue weighted by Gasteiger charge is -2.42. The molecule has 0 spiro atoms. The molecule has 2 amide bonds. The van der Waals surface area contributed by atoms with Gasteiger partial charge in [-0.3, -0.25) is 19.1 Å². The summed E-state index contributed by atoms with van der Waals surface area (Å²) >= 11 is 5.92. The first-order chi connectivity index (χ1) is 15.5. The van der Waals surface area contributed by atoms with Crippen LogP contribution >= 0.6 is 11.6 Å². The van der Waals surface area contributed by atoms with Crippen LogP contribution in [0.25, 0.3) is 0 Å². The molecule has 1 aliphatic heterocycles. The molecular weight excluding hydrogens is 465 g/mol. The zero-order valence-corrected chi connectivity index (χ0v) is 18.2. The van der Waals surface area contributed by atoms with Crippen LogP contribution in [0, 0.1) is 11.8 Å². The van der Waals surface area contributed by atoms with Crippen molar-refractivity contribution in [2.75, 3.05) is 0 Å². The molecule has 4 fully saturated rings. The van der Waals surface area contributed by atoms with Gasteiger partial charge in [-0.05, 0) is 56.2 Å². The molecule has 0 radical (unpaired) electrons. The fraction of sp³-hybridized carbons (Fsp3) is 0.591. The molecule has 2 N–H and O–H groups in total. The van der Waals surface area contributed by atoms with E-state index in [1.165, 1.54) is 6.07 Å². The molecule has 178 valence electrons. The molecule has 5 aliphatic rings. The molecule has 6 rings (SSSR count). The highest BCUT2D eigenvalue weighted by Gasteiger charge is 2.58. The summed E-state index contributed by atoms with van der Waals surface area (Å²) in [5, 5.41) is 6.36. The van der Waals surface area contributed by atoms with Crippen molar-refractivity contribution in [2.45, 2.75) is 68.7 Å². The van der Waals surface area contributed by atoms with Gasteiger partial charge < -0.3 is 15.4 Å². The molecule has 4 saturated carbocycles. The molecule has 2 bridgehead atoms. The molecule has 1 aromatic rings. The quantitative estimate of drug-likeness (QED) is 0.667. The van der Waals surface area contributed by atoms with Crippen LogP contribution in [0.4, 0.5) is 13.2 Å². The Balaban J connectivity index is 1.12. The van der Waals surface area contributed by atoms with Crippen molar-refractivity contribution in [1.29, 1.82) is 0 Å². The molecule has 7 nitrogen and oxygen atoms in total. The van der Waals surface area contributed by atoms with E-state index >= 15 is 0 Å². The van der Waals surface area contributed by atoms with Gasteiger partial charge in [0.05, 0.1) is 18.1 Å². The Kier molecular flexibility index (Phi) is 5.36. The van der Waals surface area contributed by atoms with Crippen LogP contribution in [-0.2, 0) is 14.3 Å². The molecule has 4 aliphatic carbocycles. The van der Waals surface area contributed by atoms with E-state index < -0.39 is 30.0 Å². The number of ketones is 1. The van der Waals surface area contributed by atoms with Crippen LogP contribution in [0.5, 0.6) is 5.75 Å². The maximum Gasteiger partial charge on any atom is 0.522 e. The van der Waals surface area contributed by atoms with Crippen LogP contribution < -0.4 is 15.4 Å². The molecule has 33 heavy (non-hydrogen) atoms. The number of Topliss-reactive ketones (excluding diaryl/α,β-unsaturated/α-hetero) is 1. The van der Waals surface area contributed by atoms with Crippen molar-refractivity contribution in [3.8, 4) is 5.75 Å². The molecular formula is C22H22ClF3N2O5. The van der Waals surface area contributed by atoms with E-state index in [0.717, 1.165) is 0 Å². The van der Waals surface area contributed by atoms with Crippen molar-refractivity contribution >= 4 is 29.2 Å². The van der Waals surface area contributed by atoms with Crippen LogP contribution in [0.15, 0.2) is 18.2 Å². The van der Waals surface area contributed by atoms with Gasteiger partial charge in [0.1, 0.15) is 5.75 Å². The predicted octanol–water partition coefficient (Wildman–Crippen LogP) is 3.14. The maximum absolute atomic E-state index is 12.8. The van der Waals surface area contributed by atoms with Crippen LogP contribution in [0.1, 0.15) is 48.9 Å². The first-order valence-corrected chi connectivity index (χ1v) is 11.2. The third kappa shape index (κ3) is 4.42. The minimum absolute atomic E-state index is 0.0464. The van der Waals surface area contributed by atoms with E-state index in [-0.39, 0.29) is 48.8 Å². The largest absolute Gasteiger partial charge is 0.522 e. The van der Waals surface area contributed by atoms with Gasteiger partial charge in [0.15, 0.2) is 11.9 Å². The number of hydrogen-bond donors (Lipinski definition) is 2. The number of carbonyl (C=O) groups is 3.